The smallest absolute Gasteiger partial charge is 0.223 e. The number of tetrazole rings is 1. The molecule has 0 aliphatic heterocycles. The van der Waals surface area contributed by atoms with E-state index in [1.165, 1.54) is 6.42 Å². The lowest BCUT2D eigenvalue weighted by molar-refractivity contribution is -0.139. The number of aromatic nitrogens is 4. The summed E-state index contributed by atoms with van der Waals surface area (Å²) in [4.78, 5) is 15.1. The molecule has 5 saturated carbocycles. The first-order valence-corrected chi connectivity index (χ1v) is 10.7. The molecule has 5 aliphatic rings. The van der Waals surface area contributed by atoms with Gasteiger partial charge in [0.2, 0.25) is 5.91 Å². The minimum atomic E-state index is -0.460. The molecule has 1 aromatic rings. The summed E-state index contributed by atoms with van der Waals surface area (Å²) < 4.78 is 5.40. The largest absolute Gasteiger partial charge is 0.390 e. The highest BCUT2D eigenvalue weighted by Crippen LogP contribution is 2.60. The van der Waals surface area contributed by atoms with E-state index in [0.717, 1.165) is 38.5 Å². The molecule has 8 heteroatoms. The zero-order chi connectivity index (χ0) is 19.5. The Morgan fingerprint density at radius 2 is 1.96 bits per heavy atom. The molecule has 0 radical (unpaired) electrons. The van der Waals surface area contributed by atoms with E-state index in [1.807, 2.05) is 11.7 Å². The number of aryl methyl sites for hydroxylation is 1. The predicted molar refractivity (Wildman–Crippen MR) is 100 cm³/mol. The number of nitrogens with zero attached hydrogens (tertiary/aromatic N) is 4. The molecular formula is C20H31N5O3. The Labute approximate surface area is 165 Å². The van der Waals surface area contributed by atoms with Gasteiger partial charge in [0.15, 0.2) is 5.82 Å². The van der Waals surface area contributed by atoms with Crippen LogP contribution in [0, 0.1) is 24.7 Å². The third-order valence-electron chi connectivity index (χ3n) is 7.79. The first-order chi connectivity index (χ1) is 13.4. The molecule has 4 bridgehead atoms. The second-order valence-electron chi connectivity index (χ2n) is 9.93. The predicted octanol–water partition coefficient (Wildman–Crippen LogP) is 1.32. The van der Waals surface area contributed by atoms with Crippen molar-refractivity contribution < 1.29 is 14.6 Å². The Hall–Kier alpha value is -1.54. The zero-order valence-electron chi connectivity index (χ0n) is 16.8. The molecule has 2 unspecified atom stereocenters. The number of nitrogens with one attached hydrogen (secondary N) is 1. The van der Waals surface area contributed by atoms with Gasteiger partial charge in [-0.15, -0.1) is 10.2 Å². The van der Waals surface area contributed by atoms with E-state index in [0.29, 0.717) is 30.5 Å². The molecule has 0 saturated heterocycles. The lowest BCUT2D eigenvalue weighted by Crippen LogP contribution is -2.66. The maximum Gasteiger partial charge on any atom is 0.223 e. The number of ether oxygens (including phenoxy) is 1. The zero-order valence-corrected chi connectivity index (χ0v) is 16.8. The Balaban J connectivity index is 1.36. The number of aliphatic hydroxyl groups excluding tert-OH is 1. The minimum Gasteiger partial charge on any atom is -0.390 e. The fourth-order valence-electron chi connectivity index (χ4n) is 7.05. The van der Waals surface area contributed by atoms with Crippen LogP contribution >= 0.6 is 0 Å². The number of hydrogen-bond acceptors (Lipinski definition) is 6. The van der Waals surface area contributed by atoms with Gasteiger partial charge in [-0.2, -0.15) is 4.80 Å². The minimum absolute atomic E-state index is 0.0796. The van der Waals surface area contributed by atoms with Crippen LogP contribution in [0.4, 0.5) is 0 Å². The lowest BCUT2D eigenvalue weighted by atomic mass is 9.50. The third-order valence-corrected chi connectivity index (χ3v) is 7.79. The maximum atomic E-state index is 13.2. The van der Waals surface area contributed by atoms with E-state index >= 15 is 0 Å². The lowest BCUT2D eigenvalue weighted by Gasteiger charge is -2.61. The van der Waals surface area contributed by atoms with Crippen molar-refractivity contribution in [3.8, 4) is 0 Å². The van der Waals surface area contributed by atoms with E-state index in [1.54, 1.807) is 7.11 Å². The second-order valence-corrected chi connectivity index (χ2v) is 9.93. The molecule has 5 aliphatic carbocycles. The van der Waals surface area contributed by atoms with Gasteiger partial charge in [-0.05, 0) is 81.8 Å². The van der Waals surface area contributed by atoms with Crippen LogP contribution in [0.3, 0.4) is 0 Å². The monoisotopic (exact) mass is 389 g/mol. The average molecular weight is 390 g/mol. The molecule has 5 atom stereocenters. The van der Waals surface area contributed by atoms with Gasteiger partial charge in [-0.3, -0.25) is 4.79 Å². The molecule has 0 spiro atoms. The van der Waals surface area contributed by atoms with Crippen molar-refractivity contribution in [2.75, 3.05) is 7.11 Å². The van der Waals surface area contributed by atoms with Crippen molar-refractivity contribution in [1.82, 2.24) is 25.5 Å². The number of hydrogen-bond donors (Lipinski definition) is 2. The van der Waals surface area contributed by atoms with E-state index in [2.05, 4.69) is 20.7 Å². The van der Waals surface area contributed by atoms with Crippen LogP contribution < -0.4 is 5.32 Å². The fraction of sp³-hybridized carbons (Fsp3) is 0.900. The summed E-state index contributed by atoms with van der Waals surface area (Å²) in [7, 11) is 1.62. The highest BCUT2D eigenvalue weighted by Gasteiger charge is 2.60. The van der Waals surface area contributed by atoms with Crippen LogP contribution in [0.2, 0.25) is 0 Å². The van der Waals surface area contributed by atoms with Gasteiger partial charge in [-0.1, -0.05) is 0 Å². The summed E-state index contributed by atoms with van der Waals surface area (Å²) in [6.07, 6.45) is 7.73. The number of carbonyl (C=O) groups is 1. The molecule has 2 N–H and O–H groups in total. The first kappa shape index (κ1) is 18.5. The Morgan fingerprint density at radius 1 is 1.21 bits per heavy atom. The topological polar surface area (TPSA) is 102 Å². The molecule has 0 aromatic carbocycles. The normalized spacial score (nSPS) is 44.6. The standard InChI is InChI=1S/C20H31N5O3/c1-12-22-24-25(23-12)20-9-13-5-14(10-20)8-19(7-13,11-20)21-18(27)15-3-4-16(26)17(6-15)28-2/h13-17,26H,3-11H2,1-2H3,(H,21,27)/t13?,14?,15-,16+,17-,19?,20?/m1/s1. The molecule has 1 amide bonds. The van der Waals surface area contributed by atoms with Crippen LogP contribution in [-0.2, 0) is 15.1 Å². The van der Waals surface area contributed by atoms with E-state index < -0.39 is 6.10 Å². The number of amides is 1. The van der Waals surface area contributed by atoms with Crippen LogP contribution in [0.25, 0.3) is 0 Å². The van der Waals surface area contributed by atoms with E-state index in [4.69, 9.17) is 4.74 Å². The van der Waals surface area contributed by atoms with E-state index in [-0.39, 0.29) is 29.0 Å². The van der Waals surface area contributed by atoms with Crippen molar-refractivity contribution in [3.63, 3.8) is 0 Å². The molecule has 6 rings (SSSR count). The quantitative estimate of drug-likeness (QED) is 0.805. The van der Waals surface area contributed by atoms with Crippen LogP contribution in [0.15, 0.2) is 0 Å². The highest BCUT2D eigenvalue weighted by molar-refractivity contribution is 5.79. The van der Waals surface area contributed by atoms with Gasteiger partial charge in [0, 0.05) is 18.6 Å². The Morgan fingerprint density at radius 3 is 2.61 bits per heavy atom. The number of aliphatic hydroxyl groups is 1. The molecule has 28 heavy (non-hydrogen) atoms. The van der Waals surface area contributed by atoms with Gasteiger partial charge < -0.3 is 15.2 Å². The van der Waals surface area contributed by atoms with Crippen LogP contribution in [-0.4, -0.2) is 56.1 Å². The number of methoxy groups -OCH3 is 1. The highest BCUT2D eigenvalue weighted by atomic mass is 16.5. The Kier molecular flexibility index (Phi) is 4.28. The van der Waals surface area contributed by atoms with Crippen molar-refractivity contribution in [3.05, 3.63) is 5.82 Å². The molecule has 1 aromatic heterocycles. The summed E-state index contributed by atoms with van der Waals surface area (Å²) in [5.41, 5.74) is -0.252. The summed E-state index contributed by atoms with van der Waals surface area (Å²) in [6.45, 7) is 1.88. The van der Waals surface area contributed by atoms with Crippen LogP contribution in [0.1, 0.15) is 63.6 Å². The van der Waals surface area contributed by atoms with Crippen LogP contribution in [0.5, 0.6) is 0 Å². The van der Waals surface area contributed by atoms with Gasteiger partial charge in [0.1, 0.15) is 0 Å². The maximum absolute atomic E-state index is 13.2. The van der Waals surface area contributed by atoms with Gasteiger partial charge in [-0.25, -0.2) is 0 Å². The SMILES string of the molecule is CO[C@@H]1C[C@H](C(=O)NC23CC4CC(C2)CC(n2nnc(C)n2)(C4)C3)CC[C@@H]1O. The second kappa shape index (κ2) is 6.49. The molecule has 154 valence electrons. The van der Waals surface area contributed by atoms with Crippen molar-refractivity contribution >= 4 is 5.91 Å². The number of carbonyl (C=O) groups excluding carboxylic acids is 1. The summed E-state index contributed by atoms with van der Waals surface area (Å²) in [5.74, 6) is 2.00. The summed E-state index contributed by atoms with van der Waals surface area (Å²) in [6, 6.07) is 0. The first-order valence-electron chi connectivity index (χ1n) is 10.7. The van der Waals surface area contributed by atoms with Crippen molar-refractivity contribution in [1.29, 1.82) is 0 Å². The Bertz CT molecular complexity index is 751. The average Bonchev–Trinajstić information content (AvgIpc) is 3.08. The summed E-state index contributed by atoms with van der Waals surface area (Å²) in [5, 5.41) is 26.6. The van der Waals surface area contributed by atoms with Gasteiger partial charge in [0.25, 0.3) is 0 Å². The summed E-state index contributed by atoms with van der Waals surface area (Å²) >= 11 is 0. The molecule has 8 nitrogen and oxygen atoms in total. The third kappa shape index (κ3) is 2.96. The molecule has 5 fully saturated rings. The van der Waals surface area contributed by atoms with Gasteiger partial charge >= 0.3 is 0 Å². The van der Waals surface area contributed by atoms with Crippen molar-refractivity contribution in [2.24, 2.45) is 17.8 Å². The molecule has 1 heterocycles. The number of rotatable bonds is 4. The fourth-order valence-corrected chi connectivity index (χ4v) is 7.05. The van der Waals surface area contributed by atoms with E-state index in [9.17, 15) is 9.90 Å². The molecular weight excluding hydrogens is 358 g/mol. The van der Waals surface area contributed by atoms with Gasteiger partial charge in [0.05, 0.1) is 17.7 Å². The van der Waals surface area contributed by atoms with Crippen molar-refractivity contribution in [2.45, 2.75) is 88.0 Å².